The molecule has 1 atom stereocenters. The van der Waals surface area contributed by atoms with Crippen LogP contribution < -0.4 is 5.32 Å². The molecule has 1 aromatic carbocycles. The maximum Gasteiger partial charge on any atom is 0.271 e. The van der Waals surface area contributed by atoms with Crippen LogP contribution in [0.4, 0.5) is 11.4 Å². The molecule has 1 saturated heterocycles. The molecule has 0 saturated carbocycles. The Kier molecular flexibility index (Phi) is 3.81. The SMILES string of the molecule is Cc1ccc([N+](=O)[O-])cc1NCC1CCCN1C. The van der Waals surface area contributed by atoms with E-state index in [1.807, 2.05) is 6.92 Å². The molecular formula is C13H19N3O2. The minimum absolute atomic E-state index is 0.142. The highest BCUT2D eigenvalue weighted by Crippen LogP contribution is 2.23. The van der Waals surface area contributed by atoms with Gasteiger partial charge in [0, 0.05) is 30.4 Å². The van der Waals surface area contributed by atoms with E-state index in [0.717, 1.165) is 24.3 Å². The van der Waals surface area contributed by atoms with Gasteiger partial charge in [0.05, 0.1) is 4.92 Å². The molecule has 1 aromatic rings. The third-order valence-corrected chi connectivity index (χ3v) is 3.63. The molecule has 0 aromatic heterocycles. The van der Waals surface area contributed by atoms with Crippen molar-refractivity contribution in [1.82, 2.24) is 4.90 Å². The average Bonchev–Trinajstić information content (AvgIpc) is 2.73. The highest BCUT2D eigenvalue weighted by molar-refractivity contribution is 5.56. The summed E-state index contributed by atoms with van der Waals surface area (Å²) in [5, 5.41) is 14.1. The predicted octanol–water partition coefficient (Wildman–Crippen LogP) is 2.41. The number of nitrogens with zero attached hydrogens (tertiary/aromatic N) is 2. The van der Waals surface area contributed by atoms with Gasteiger partial charge in [0.1, 0.15) is 0 Å². The maximum atomic E-state index is 10.7. The van der Waals surface area contributed by atoms with Crippen molar-refractivity contribution >= 4 is 11.4 Å². The van der Waals surface area contributed by atoms with E-state index in [2.05, 4.69) is 17.3 Å². The van der Waals surface area contributed by atoms with Gasteiger partial charge in [0.2, 0.25) is 0 Å². The molecule has 1 fully saturated rings. The van der Waals surface area contributed by atoms with Crippen molar-refractivity contribution < 1.29 is 4.92 Å². The zero-order valence-electron chi connectivity index (χ0n) is 10.8. The van der Waals surface area contributed by atoms with E-state index in [0.29, 0.717) is 6.04 Å². The number of rotatable bonds is 4. The van der Waals surface area contributed by atoms with Crippen molar-refractivity contribution in [1.29, 1.82) is 0 Å². The summed E-state index contributed by atoms with van der Waals surface area (Å²) in [6, 6.07) is 5.48. The third kappa shape index (κ3) is 2.79. The monoisotopic (exact) mass is 249 g/mol. The topological polar surface area (TPSA) is 58.4 Å². The molecule has 0 radical (unpaired) electrons. The van der Waals surface area contributed by atoms with Crippen LogP contribution in [-0.2, 0) is 0 Å². The summed E-state index contributed by atoms with van der Waals surface area (Å²) in [6.07, 6.45) is 2.42. The van der Waals surface area contributed by atoms with E-state index in [9.17, 15) is 10.1 Å². The second kappa shape index (κ2) is 5.35. The molecule has 0 amide bonds. The molecular weight excluding hydrogens is 230 g/mol. The molecule has 5 heteroatoms. The average molecular weight is 249 g/mol. The van der Waals surface area contributed by atoms with Crippen LogP contribution in [0.3, 0.4) is 0 Å². The number of nitro groups is 1. The molecule has 2 rings (SSSR count). The van der Waals surface area contributed by atoms with Gasteiger partial charge >= 0.3 is 0 Å². The van der Waals surface area contributed by atoms with Crippen LogP contribution >= 0.6 is 0 Å². The number of hydrogen-bond acceptors (Lipinski definition) is 4. The Bertz CT molecular complexity index is 448. The van der Waals surface area contributed by atoms with Crippen molar-refractivity contribution in [2.45, 2.75) is 25.8 Å². The van der Waals surface area contributed by atoms with E-state index in [-0.39, 0.29) is 10.6 Å². The largest absolute Gasteiger partial charge is 0.383 e. The van der Waals surface area contributed by atoms with Crippen LogP contribution in [0.15, 0.2) is 18.2 Å². The number of likely N-dealkylation sites (tertiary alicyclic amines) is 1. The molecule has 0 bridgehead atoms. The van der Waals surface area contributed by atoms with Crippen molar-refractivity contribution in [2.75, 3.05) is 25.5 Å². The van der Waals surface area contributed by atoms with Crippen LogP contribution in [0, 0.1) is 17.0 Å². The van der Waals surface area contributed by atoms with E-state index >= 15 is 0 Å². The number of hydrogen-bond donors (Lipinski definition) is 1. The number of likely N-dealkylation sites (N-methyl/N-ethyl adjacent to an activating group) is 1. The Morgan fingerprint density at radius 2 is 2.33 bits per heavy atom. The van der Waals surface area contributed by atoms with Crippen LogP contribution in [0.5, 0.6) is 0 Å². The zero-order chi connectivity index (χ0) is 13.1. The van der Waals surface area contributed by atoms with E-state index in [4.69, 9.17) is 0 Å². The van der Waals surface area contributed by atoms with Crippen LogP contribution in [0.2, 0.25) is 0 Å². The Morgan fingerprint density at radius 1 is 1.56 bits per heavy atom. The maximum absolute atomic E-state index is 10.7. The summed E-state index contributed by atoms with van der Waals surface area (Å²) < 4.78 is 0. The lowest BCUT2D eigenvalue weighted by atomic mass is 10.1. The number of anilines is 1. The second-order valence-electron chi connectivity index (χ2n) is 4.91. The fourth-order valence-corrected chi connectivity index (χ4v) is 2.38. The number of benzene rings is 1. The van der Waals surface area contributed by atoms with Gasteiger partial charge in [-0.3, -0.25) is 10.1 Å². The number of aryl methyl sites for hydroxylation is 1. The molecule has 0 aliphatic carbocycles. The van der Waals surface area contributed by atoms with Gasteiger partial charge in [-0.25, -0.2) is 0 Å². The lowest BCUT2D eigenvalue weighted by Crippen LogP contribution is -2.31. The van der Waals surface area contributed by atoms with Gasteiger partial charge in [0.25, 0.3) is 5.69 Å². The summed E-state index contributed by atoms with van der Waals surface area (Å²) in [6.45, 7) is 3.95. The van der Waals surface area contributed by atoms with E-state index < -0.39 is 0 Å². The minimum Gasteiger partial charge on any atom is -0.383 e. The lowest BCUT2D eigenvalue weighted by Gasteiger charge is -2.20. The predicted molar refractivity (Wildman–Crippen MR) is 72.0 cm³/mol. The van der Waals surface area contributed by atoms with E-state index in [1.54, 1.807) is 18.2 Å². The molecule has 1 N–H and O–H groups in total. The van der Waals surface area contributed by atoms with E-state index in [1.165, 1.54) is 12.8 Å². The molecule has 18 heavy (non-hydrogen) atoms. The molecule has 1 aliphatic heterocycles. The summed E-state index contributed by atoms with van der Waals surface area (Å²) in [4.78, 5) is 12.7. The Balaban J connectivity index is 2.04. The zero-order valence-corrected chi connectivity index (χ0v) is 10.8. The van der Waals surface area contributed by atoms with Gasteiger partial charge in [-0.1, -0.05) is 6.07 Å². The van der Waals surface area contributed by atoms with Gasteiger partial charge in [-0.15, -0.1) is 0 Å². The van der Waals surface area contributed by atoms with Crippen molar-refractivity contribution in [3.63, 3.8) is 0 Å². The number of nitrogens with one attached hydrogen (secondary N) is 1. The summed E-state index contributed by atoms with van der Waals surface area (Å²) in [7, 11) is 2.12. The number of nitro benzene ring substituents is 1. The molecule has 5 nitrogen and oxygen atoms in total. The minimum atomic E-state index is -0.355. The molecule has 1 unspecified atom stereocenters. The standard InChI is InChI=1S/C13H19N3O2/c1-10-5-6-11(16(17)18)8-13(10)14-9-12-4-3-7-15(12)2/h5-6,8,12,14H,3-4,7,9H2,1-2H3. The Morgan fingerprint density at radius 3 is 2.94 bits per heavy atom. The van der Waals surface area contributed by atoms with Crippen LogP contribution in [0.1, 0.15) is 18.4 Å². The van der Waals surface area contributed by atoms with Gasteiger partial charge in [-0.2, -0.15) is 0 Å². The normalized spacial score (nSPS) is 20.0. The Labute approximate surface area is 107 Å². The summed E-state index contributed by atoms with van der Waals surface area (Å²) in [5.74, 6) is 0. The molecule has 98 valence electrons. The van der Waals surface area contributed by atoms with Gasteiger partial charge in [-0.05, 0) is 38.9 Å². The van der Waals surface area contributed by atoms with Gasteiger partial charge < -0.3 is 10.2 Å². The van der Waals surface area contributed by atoms with Gasteiger partial charge in [0.15, 0.2) is 0 Å². The number of non-ortho nitro benzene ring substituents is 1. The quantitative estimate of drug-likeness (QED) is 0.657. The Hall–Kier alpha value is -1.62. The fraction of sp³-hybridized carbons (Fsp3) is 0.538. The van der Waals surface area contributed by atoms with Crippen molar-refractivity contribution in [3.05, 3.63) is 33.9 Å². The van der Waals surface area contributed by atoms with Crippen LogP contribution in [-0.4, -0.2) is 36.0 Å². The summed E-state index contributed by atoms with van der Waals surface area (Å²) >= 11 is 0. The molecule has 1 heterocycles. The molecule has 1 aliphatic rings. The van der Waals surface area contributed by atoms with Crippen molar-refractivity contribution in [3.8, 4) is 0 Å². The lowest BCUT2D eigenvalue weighted by molar-refractivity contribution is -0.384. The summed E-state index contributed by atoms with van der Waals surface area (Å²) in [5.41, 5.74) is 2.05. The first-order valence-corrected chi connectivity index (χ1v) is 6.27. The first kappa shape index (κ1) is 12.8. The second-order valence-corrected chi connectivity index (χ2v) is 4.91. The first-order chi connectivity index (χ1) is 8.58. The van der Waals surface area contributed by atoms with Crippen LogP contribution in [0.25, 0.3) is 0 Å². The smallest absolute Gasteiger partial charge is 0.271 e. The van der Waals surface area contributed by atoms with Crippen molar-refractivity contribution in [2.24, 2.45) is 0 Å². The molecule has 0 spiro atoms. The third-order valence-electron chi connectivity index (χ3n) is 3.63. The highest BCUT2D eigenvalue weighted by Gasteiger charge is 2.20. The fourth-order valence-electron chi connectivity index (χ4n) is 2.38. The first-order valence-electron chi connectivity index (χ1n) is 6.27. The highest BCUT2D eigenvalue weighted by atomic mass is 16.6.